The maximum atomic E-state index is 18.0. The Balaban J connectivity index is 0.000000159. The molecule has 0 aliphatic heterocycles. The smallest absolute Gasteiger partial charge is 0.155 e. The van der Waals surface area contributed by atoms with Crippen LogP contribution < -0.4 is 19.6 Å². The van der Waals surface area contributed by atoms with Crippen molar-refractivity contribution in [3.8, 4) is 89.0 Å². The van der Waals surface area contributed by atoms with Crippen LogP contribution in [0.15, 0.2) is 461 Å². The van der Waals surface area contributed by atoms with E-state index in [-0.39, 0.29) is 23.3 Å². The lowest BCUT2D eigenvalue weighted by molar-refractivity contribution is 0.632. The molecule has 0 N–H and O–H groups in total. The largest absolute Gasteiger partial charge is 0.307 e. The van der Waals surface area contributed by atoms with Gasteiger partial charge < -0.3 is 19.6 Å². The number of rotatable bonds is 20. The topological polar surface area (TPSA) is 13.0 Å². The quantitative estimate of drug-likeness (QED) is 0.0557. The fraction of sp³-hybridized carbons (Fsp3) is 0.0588. The molecule has 0 radical (unpaired) electrons. The summed E-state index contributed by atoms with van der Waals surface area (Å²) in [6.45, 7) is 16.5. The molecule has 144 heavy (non-hydrogen) atoms. The molecule has 0 atom stereocenters. The molecule has 0 aliphatic carbocycles. The fourth-order valence-corrected chi connectivity index (χ4v) is 21.1. The Morgan fingerprint density at radius 2 is 0.347 bits per heavy atom. The van der Waals surface area contributed by atoms with Crippen molar-refractivity contribution in [2.24, 2.45) is 0 Å². The molecule has 4 nitrogen and oxygen atoms in total. The molecule has 24 aromatic rings. The highest BCUT2D eigenvalue weighted by Crippen LogP contribution is 2.55. The number of benzene rings is 24. The molecular formula is C136H100F4N4. The molecule has 0 saturated carbocycles. The minimum atomic E-state index is -0.315. The molecule has 0 aliphatic rings. The van der Waals surface area contributed by atoms with Crippen molar-refractivity contribution in [2.45, 2.75) is 55.4 Å². The van der Waals surface area contributed by atoms with Gasteiger partial charge in [0.05, 0.1) is 45.5 Å². The van der Waals surface area contributed by atoms with Crippen molar-refractivity contribution >= 4 is 133 Å². The first-order valence-corrected chi connectivity index (χ1v) is 49.1. The van der Waals surface area contributed by atoms with Gasteiger partial charge in [-0.15, -0.1) is 0 Å². The summed E-state index contributed by atoms with van der Waals surface area (Å²) in [5, 5.41) is 12.2. The second-order valence-corrected chi connectivity index (χ2v) is 38.2. The van der Waals surface area contributed by atoms with E-state index in [1.807, 2.05) is 282 Å². The summed E-state index contributed by atoms with van der Waals surface area (Å²) >= 11 is 0. The SMILES string of the molecule is Cc1ccc(-c2cc(-c3ccc(C)cc3)c(F)c(N(c3ccccc3)c3ccc4ccc5c(N(c6ccccc6)c6cc(-c7ccc(C)cc7)cc(-c7ccc(C)cc7)c6F)ccc6ccc3c4c65)c2)cc1.Cc1cccc(-c2cc(-c3cccc(C)c3)c(F)c(N(c3ccccc3)c3ccc4ccc5c(N(c6ccccc6)c6cc(-c7cccc(C)c7)cc(-c7cccc(C)c7)c6F)ccc6ccc3c4c65)c2)c1. The fourth-order valence-electron chi connectivity index (χ4n) is 21.1. The van der Waals surface area contributed by atoms with Crippen LogP contribution in [0.5, 0.6) is 0 Å². The monoisotopic (exact) mass is 1860 g/mol. The first-order valence-electron chi connectivity index (χ1n) is 49.1. The van der Waals surface area contributed by atoms with Gasteiger partial charge in [-0.25, -0.2) is 17.6 Å². The van der Waals surface area contributed by atoms with Crippen LogP contribution in [-0.2, 0) is 0 Å². The summed E-state index contributed by atoms with van der Waals surface area (Å²) in [5.74, 6) is -1.26. The lowest BCUT2D eigenvalue weighted by Gasteiger charge is -2.30. The lowest BCUT2D eigenvalue weighted by Crippen LogP contribution is -2.14. The van der Waals surface area contributed by atoms with E-state index in [0.717, 1.165) is 221 Å². The maximum absolute atomic E-state index is 18.0. The lowest BCUT2D eigenvalue weighted by atomic mass is 9.91. The van der Waals surface area contributed by atoms with Crippen LogP contribution in [0, 0.1) is 78.7 Å². The van der Waals surface area contributed by atoms with Crippen LogP contribution in [0.3, 0.4) is 0 Å². The Morgan fingerprint density at radius 1 is 0.139 bits per heavy atom. The average molecular weight is 1870 g/mol. The number of hydrogen-bond acceptors (Lipinski definition) is 4. The van der Waals surface area contributed by atoms with Gasteiger partial charge in [-0.2, -0.15) is 0 Å². The average Bonchev–Trinajstić information content (AvgIpc) is 0.714. The van der Waals surface area contributed by atoms with Gasteiger partial charge in [-0.05, 0) is 287 Å². The van der Waals surface area contributed by atoms with Gasteiger partial charge in [0.15, 0.2) is 23.3 Å². The first kappa shape index (κ1) is 90.1. The summed E-state index contributed by atoms with van der Waals surface area (Å²) < 4.78 is 72.0. The molecule has 8 heteroatoms. The molecule has 0 saturated heterocycles. The second-order valence-electron chi connectivity index (χ2n) is 38.2. The van der Waals surface area contributed by atoms with Crippen molar-refractivity contribution in [3.63, 3.8) is 0 Å². The summed E-state index contributed by atoms with van der Waals surface area (Å²) in [6, 6.07) is 157. The molecule has 0 spiro atoms. The number of aryl methyl sites for hydroxylation is 8. The second kappa shape index (κ2) is 37.8. The minimum Gasteiger partial charge on any atom is -0.307 e. The van der Waals surface area contributed by atoms with Gasteiger partial charge in [-0.1, -0.05) is 384 Å². The molecular weight excluding hydrogens is 1770 g/mol. The van der Waals surface area contributed by atoms with Crippen molar-refractivity contribution in [2.75, 3.05) is 19.6 Å². The molecule has 0 aromatic heterocycles. The van der Waals surface area contributed by atoms with Crippen molar-refractivity contribution < 1.29 is 17.6 Å². The highest BCUT2D eigenvalue weighted by molar-refractivity contribution is 6.30. The van der Waals surface area contributed by atoms with Crippen LogP contribution in [0.4, 0.5) is 85.8 Å². The molecule has 24 aromatic carbocycles. The third-order valence-corrected chi connectivity index (χ3v) is 28.3. The van der Waals surface area contributed by atoms with Crippen LogP contribution in [-0.4, -0.2) is 0 Å². The highest BCUT2D eigenvalue weighted by Gasteiger charge is 2.32. The third-order valence-electron chi connectivity index (χ3n) is 28.3. The number of para-hydroxylation sites is 4. The predicted octanol–water partition coefficient (Wildman–Crippen LogP) is 39.4. The zero-order valence-corrected chi connectivity index (χ0v) is 81.2. The van der Waals surface area contributed by atoms with Crippen molar-refractivity contribution in [3.05, 3.63) is 529 Å². The van der Waals surface area contributed by atoms with E-state index in [9.17, 15) is 0 Å². The first-order chi connectivity index (χ1) is 70.3. The van der Waals surface area contributed by atoms with Crippen molar-refractivity contribution in [1.29, 1.82) is 0 Å². The van der Waals surface area contributed by atoms with Gasteiger partial charge in [0, 0.05) is 66.5 Å². The molecule has 0 fully saturated rings. The summed E-state index contributed by atoms with van der Waals surface area (Å²) in [6.07, 6.45) is 0. The van der Waals surface area contributed by atoms with Gasteiger partial charge in [0.2, 0.25) is 0 Å². The number of nitrogens with zero attached hydrogens (tertiary/aromatic N) is 4. The van der Waals surface area contributed by atoms with E-state index in [0.29, 0.717) is 45.0 Å². The van der Waals surface area contributed by atoms with E-state index in [1.54, 1.807) is 0 Å². The van der Waals surface area contributed by atoms with Crippen LogP contribution in [0.2, 0.25) is 0 Å². The number of hydrogen-bond donors (Lipinski definition) is 0. The molecule has 0 bridgehead atoms. The Kier molecular flexibility index (Phi) is 23.7. The highest BCUT2D eigenvalue weighted by atomic mass is 19.1. The van der Waals surface area contributed by atoms with Gasteiger partial charge in [0.25, 0.3) is 0 Å². The summed E-state index contributed by atoms with van der Waals surface area (Å²) in [4.78, 5) is 8.31. The number of anilines is 12. The zero-order chi connectivity index (χ0) is 98.1. The third kappa shape index (κ3) is 16.9. The van der Waals surface area contributed by atoms with Crippen LogP contribution >= 0.6 is 0 Å². The molecule has 0 amide bonds. The molecule has 24 rings (SSSR count). The summed E-state index contributed by atoms with van der Waals surface area (Å²) in [7, 11) is 0. The van der Waals surface area contributed by atoms with Gasteiger partial charge in [-0.3, -0.25) is 0 Å². The minimum absolute atomic E-state index is 0.313. The zero-order valence-electron chi connectivity index (χ0n) is 81.2. The molecule has 0 unspecified atom stereocenters. The van der Waals surface area contributed by atoms with Gasteiger partial charge in [0.1, 0.15) is 0 Å². The maximum Gasteiger partial charge on any atom is 0.155 e. The Hall–Kier alpha value is -17.7. The van der Waals surface area contributed by atoms with Crippen LogP contribution in [0.1, 0.15) is 44.5 Å². The van der Waals surface area contributed by atoms with Crippen molar-refractivity contribution in [1.82, 2.24) is 0 Å². The van der Waals surface area contributed by atoms with E-state index in [4.69, 9.17) is 0 Å². The van der Waals surface area contributed by atoms with Gasteiger partial charge >= 0.3 is 0 Å². The standard InChI is InChI=1S/2C68H50F2N2/c1-43-15-11-19-49(35-43)53-39-59(51-21-13-17-45(3)37-51)67(69)63(41-53)71(55-23-7-5-8-24-55)61-33-29-47-28-32-58-62(34-30-48-27-31-57(61)65(47)66(48)58)72(56-25-9-6-10-26-56)64-42-54(50-20-12-16-44(2)36-50)40-60(68(64)70)52-22-14-18-46(4)38-52;1-43-15-23-47(24-16-43)53-39-59(49-27-19-45(3)20-28-49)67(69)63(41-53)71(55-11-7-5-8-12-55)61-37-33-51-32-36-58-62(38-34-52-31-35-57(61)65(51)66(52)58)72(56-13-9-6-10-14-56)64-42-54(48-25-17-44(2)18-26-48)40-60(68(64)70)50-29-21-46(4)22-30-50/h2*5-42H,1-4H3. The molecule has 692 valence electrons. The number of halogens is 4. The molecule has 0 heterocycles. The normalized spacial score (nSPS) is 11.5. The van der Waals surface area contributed by atoms with E-state index in [2.05, 4.69) is 254 Å². The van der Waals surface area contributed by atoms with E-state index >= 15 is 17.6 Å². The van der Waals surface area contributed by atoms with Crippen LogP contribution in [0.25, 0.3) is 154 Å². The predicted molar refractivity (Wildman–Crippen MR) is 600 cm³/mol. The van der Waals surface area contributed by atoms with E-state index < -0.39 is 0 Å². The van der Waals surface area contributed by atoms with E-state index in [1.165, 1.54) is 0 Å². The summed E-state index contributed by atoms with van der Waals surface area (Å²) in [5.41, 5.74) is 30.3. The Labute approximate surface area is 837 Å². The Morgan fingerprint density at radius 3 is 0.590 bits per heavy atom. The Bertz CT molecular complexity index is 8480.